The molecule has 94 valence electrons. The standard InChI is InChI=1S/C13H14BrN3O/c1-3-12-16-11(15)7-13(17-12)18-10-5-4-8(2)6-9(10)14/h4-7H,3H2,1-2H3,(H2,15,16,17). The number of halogens is 1. The quantitative estimate of drug-likeness (QED) is 0.943. The van der Waals surface area contributed by atoms with Crippen LogP contribution in [-0.2, 0) is 6.42 Å². The van der Waals surface area contributed by atoms with Crippen LogP contribution in [0, 0.1) is 6.92 Å². The zero-order valence-electron chi connectivity index (χ0n) is 10.3. The van der Waals surface area contributed by atoms with E-state index >= 15 is 0 Å². The molecule has 1 aromatic carbocycles. The monoisotopic (exact) mass is 307 g/mol. The van der Waals surface area contributed by atoms with E-state index in [2.05, 4.69) is 25.9 Å². The predicted molar refractivity (Wildman–Crippen MR) is 74.8 cm³/mol. The SMILES string of the molecule is CCc1nc(N)cc(Oc2ccc(C)cc2Br)n1. The van der Waals surface area contributed by atoms with Crippen LogP contribution in [0.4, 0.5) is 5.82 Å². The van der Waals surface area contributed by atoms with E-state index in [1.165, 1.54) is 0 Å². The Morgan fingerprint density at radius 3 is 2.72 bits per heavy atom. The molecule has 0 aliphatic carbocycles. The molecule has 0 bridgehead atoms. The van der Waals surface area contributed by atoms with Gasteiger partial charge in [0.15, 0.2) is 0 Å². The molecule has 0 radical (unpaired) electrons. The van der Waals surface area contributed by atoms with E-state index in [9.17, 15) is 0 Å². The summed E-state index contributed by atoms with van der Waals surface area (Å²) in [7, 11) is 0. The van der Waals surface area contributed by atoms with Crippen molar-refractivity contribution in [3.05, 3.63) is 40.1 Å². The van der Waals surface area contributed by atoms with Gasteiger partial charge in [0, 0.05) is 12.5 Å². The number of rotatable bonds is 3. The van der Waals surface area contributed by atoms with Crippen LogP contribution in [-0.4, -0.2) is 9.97 Å². The fraction of sp³-hybridized carbons (Fsp3) is 0.231. The van der Waals surface area contributed by atoms with Gasteiger partial charge in [-0.2, -0.15) is 4.98 Å². The van der Waals surface area contributed by atoms with Crippen LogP contribution in [0.15, 0.2) is 28.7 Å². The van der Waals surface area contributed by atoms with E-state index < -0.39 is 0 Å². The van der Waals surface area contributed by atoms with E-state index in [0.717, 1.165) is 16.5 Å². The van der Waals surface area contributed by atoms with Crippen molar-refractivity contribution < 1.29 is 4.74 Å². The summed E-state index contributed by atoms with van der Waals surface area (Å²) in [6.07, 6.45) is 0.719. The van der Waals surface area contributed by atoms with Gasteiger partial charge >= 0.3 is 0 Å². The van der Waals surface area contributed by atoms with E-state index in [4.69, 9.17) is 10.5 Å². The molecule has 1 aromatic heterocycles. The van der Waals surface area contributed by atoms with Crippen LogP contribution >= 0.6 is 15.9 Å². The van der Waals surface area contributed by atoms with Crippen LogP contribution in [0.25, 0.3) is 0 Å². The highest BCUT2D eigenvalue weighted by Crippen LogP contribution is 2.29. The lowest BCUT2D eigenvalue weighted by Gasteiger charge is -2.08. The third kappa shape index (κ3) is 2.98. The number of nitrogen functional groups attached to an aromatic ring is 1. The van der Waals surface area contributed by atoms with Crippen molar-refractivity contribution in [2.24, 2.45) is 0 Å². The Bertz CT molecular complexity index is 572. The van der Waals surface area contributed by atoms with Crippen LogP contribution in [0.5, 0.6) is 11.6 Å². The summed E-state index contributed by atoms with van der Waals surface area (Å²) in [5.41, 5.74) is 6.87. The first kappa shape index (κ1) is 12.8. The number of aryl methyl sites for hydroxylation is 2. The number of aromatic nitrogens is 2. The number of nitrogens with zero attached hydrogens (tertiary/aromatic N) is 2. The summed E-state index contributed by atoms with van der Waals surface area (Å²) in [5.74, 6) is 2.26. The van der Waals surface area contributed by atoms with Gasteiger partial charge in [0.2, 0.25) is 5.88 Å². The normalized spacial score (nSPS) is 10.4. The zero-order valence-corrected chi connectivity index (χ0v) is 11.9. The molecule has 0 spiro atoms. The highest BCUT2D eigenvalue weighted by molar-refractivity contribution is 9.10. The Balaban J connectivity index is 2.30. The fourth-order valence-corrected chi connectivity index (χ4v) is 2.08. The molecule has 2 N–H and O–H groups in total. The van der Waals surface area contributed by atoms with Gasteiger partial charge in [-0.1, -0.05) is 13.0 Å². The van der Waals surface area contributed by atoms with Crippen molar-refractivity contribution in [2.75, 3.05) is 5.73 Å². The minimum atomic E-state index is 0.417. The van der Waals surface area contributed by atoms with Crippen molar-refractivity contribution in [3.63, 3.8) is 0 Å². The minimum absolute atomic E-state index is 0.417. The van der Waals surface area contributed by atoms with Crippen LogP contribution in [0.2, 0.25) is 0 Å². The van der Waals surface area contributed by atoms with Gasteiger partial charge in [0.25, 0.3) is 0 Å². The molecule has 0 fully saturated rings. The van der Waals surface area contributed by atoms with E-state index in [1.54, 1.807) is 6.07 Å². The Kier molecular flexibility index (Phi) is 3.81. The number of nitrogens with two attached hydrogens (primary N) is 1. The lowest BCUT2D eigenvalue weighted by atomic mass is 10.2. The van der Waals surface area contributed by atoms with Gasteiger partial charge in [-0.05, 0) is 40.5 Å². The van der Waals surface area contributed by atoms with E-state index in [-0.39, 0.29) is 0 Å². The second-order valence-corrected chi connectivity index (χ2v) is 4.79. The van der Waals surface area contributed by atoms with Crippen LogP contribution in [0.1, 0.15) is 18.3 Å². The second-order valence-electron chi connectivity index (χ2n) is 3.94. The van der Waals surface area contributed by atoms with Gasteiger partial charge in [0.1, 0.15) is 17.4 Å². The molecule has 0 saturated carbocycles. The Morgan fingerprint density at radius 2 is 2.06 bits per heavy atom. The minimum Gasteiger partial charge on any atom is -0.438 e. The lowest BCUT2D eigenvalue weighted by molar-refractivity contribution is 0.456. The summed E-state index contributed by atoms with van der Waals surface area (Å²) in [4.78, 5) is 8.38. The fourth-order valence-electron chi connectivity index (χ4n) is 1.50. The second kappa shape index (κ2) is 5.35. The molecule has 0 aliphatic heterocycles. The summed E-state index contributed by atoms with van der Waals surface area (Å²) >= 11 is 3.46. The van der Waals surface area contributed by atoms with Crippen molar-refractivity contribution in [1.82, 2.24) is 9.97 Å². The maximum absolute atomic E-state index is 5.71. The average molecular weight is 308 g/mol. The van der Waals surface area contributed by atoms with Gasteiger partial charge < -0.3 is 10.5 Å². The predicted octanol–water partition coefficient (Wildman–Crippen LogP) is 3.48. The number of benzene rings is 1. The third-order valence-corrected chi connectivity index (χ3v) is 3.01. The van der Waals surface area contributed by atoms with Crippen LogP contribution in [0.3, 0.4) is 0 Å². The molecule has 1 heterocycles. The third-order valence-electron chi connectivity index (χ3n) is 2.39. The highest BCUT2D eigenvalue weighted by Gasteiger charge is 2.06. The smallest absolute Gasteiger partial charge is 0.224 e. The molecule has 0 atom stereocenters. The highest BCUT2D eigenvalue weighted by atomic mass is 79.9. The molecule has 0 saturated heterocycles. The first-order valence-corrected chi connectivity index (χ1v) is 6.45. The Morgan fingerprint density at radius 1 is 1.28 bits per heavy atom. The molecule has 2 rings (SSSR count). The van der Waals surface area contributed by atoms with Crippen molar-refractivity contribution in [3.8, 4) is 11.6 Å². The largest absolute Gasteiger partial charge is 0.438 e. The van der Waals surface area contributed by atoms with Crippen molar-refractivity contribution >= 4 is 21.7 Å². The Labute approximate surface area is 114 Å². The molecular weight excluding hydrogens is 294 g/mol. The van der Waals surface area contributed by atoms with Crippen molar-refractivity contribution in [2.45, 2.75) is 20.3 Å². The Hall–Kier alpha value is -1.62. The molecule has 18 heavy (non-hydrogen) atoms. The average Bonchev–Trinajstić information content (AvgIpc) is 2.32. The van der Waals surface area contributed by atoms with Gasteiger partial charge in [-0.15, -0.1) is 0 Å². The first-order chi connectivity index (χ1) is 8.58. The maximum Gasteiger partial charge on any atom is 0.224 e. The maximum atomic E-state index is 5.71. The van der Waals surface area contributed by atoms with Gasteiger partial charge in [0.05, 0.1) is 4.47 Å². The van der Waals surface area contributed by atoms with Crippen LogP contribution < -0.4 is 10.5 Å². The first-order valence-electron chi connectivity index (χ1n) is 5.66. The van der Waals surface area contributed by atoms with E-state index in [0.29, 0.717) is 23.3 Å². The number of ether oxygens (including phenoxy) is 1. The lowest BCUT2D eigenvalue weighted by Crippen LogP contribution is -2.00. The molecule has 2 aromatic rings. The molecule has 0 aliphatic rings. The number of hydrogen-bond donors (Lipinski definition) is 1. The van der Waals surface area contributed by atoms with Gasteiger partial charge in [-0.25, -0.2) is 4.98 Å². The van der Waals surface area contributed by atoms with Crippen molar-refractivity contribution in [1.29, 1.82) is 0 Å². The zero-order chi connectivity index (χ0) is 13.1. The molecule has 5 heteroatoms. The summed E-state index contributed by atoms with van der Waals surface area (Å²) < 4.78 is 6.60. The topological polar surface area (TPSA) is 61.0 Å². The molecule has 0 unspecified atom stereocenters. The summed E-state index contributed by atoms with van der Waals surface area (Å²) in [6.45, 7) is 3.99. The molecular formula is C13H14BrN3O. The summed E-state index contributed by atoms with van der Waals surface area (Å²) in [6, 6.07) is 7.47. The number of hydrogen-bond acceptors (Lipinski definition) is 4. The van der Waals surface area contributed by atoms with Gasteiger partial charge in [-0.3, -0.25) is 0 Å². The molecule has 0 amide bonds. The number of anilines is 1. The molecule has 4 nitrogen and oxygen atoms in total. The van der Waals surface area contributed by atoms with E-state index in [1.807, 2.05) is 32.0 Å². The summed E-state index contributed by atoms with van der Waals surface area (Å²) in [5, 5.41) is 0.